The van der Waals surface area contributed by atoms with Crippen molar-refractivity contribution in [3.8, 4) is 0 Å². The Hall–Kier alpha value is -3.12. The molecular weight excluding hydrogens is 488 g/mol. The molecule has 0 fully saturated rings. The summed E-state index contributed by atoms with van der Waals surface area (Å²) in [5, 5.41) is 5.21. The summed E-state index contributed by atoms with van der Waals surface area (Å²) < 4.78 is 31.7. The zero-order valence-corrected chi connectivity index (χ0v) is 22.2. The van der Waals surface area contributed by atoms with Gasteiger partial charge in [0.25, 0.3) is 0 Å². The number of ether oxygens (including phenoxy) is 6. The highest BCUT2D eigenvalue weighted by Gasteiger charge is 2.20. The molecule has 0 bridgehead atoms. The van der Waals surface area contributed by atoms with E-state index in [1.165, 1.54) is 0 Å². The van der Waals surface area contributed by atoms with Gasteiger partial charge in [0.15, 0.2) is 12.2 Å². The molecule has 0 aromatic rings. The van der Waals surface area contributed by atoms with Gasteiger partial charge in [0.2, 0.25) is 0 Å². The molecule has 0 aromatic carbocycles. The predicted octanol–water partition coefficient (Wildman–Crippen LogP) is 2.66. The first-order valence-electron chi connectivity index (χ1n) is 12.4. The molecule has 2 N–H and O–H groups in total. The minimum atomic E-state index is -0.853. The van der Waals surface area contributed by atoms with Crippen molar-refractivity contribution in [1.29, 1.82) is 0 Å². The number of rotatable bonds is 21. The summed E-state index contributed by atoms with van der Waals surface area (Å²) in [4.78, 5) is 46.7. The first-order chi connectivity index (χ1) is 17.7. The third-order valence-corrected chi connectivity index (χ3v) is 4.52. The summed E-state index contributed by atoms with van der Waals surface area (Å²) in [6.45, 7) is 12.9. The zero-order valence-electron chi connectivity index (χ0n) is 22.2. The smallest absolute Gasteiger partial charge is 0.407 e. The third-order valence-electron chi connectivity index (χ3n) is 4.52. The van der Waals surface area contributed by atoms with Crippen LogP contribution in [0.5, 0.6) is 0 Å². The van der Waals surface area contributed by atoms with E-state index in [-0.39, 0.29) is 33.0 Å². The molecule has 2 amide bonds. The molecule has 3 unspecified atom stereocenters. The van der Waals surface area contributed by atoms with Crippen LogP contribution < -0.4 is 10.6 Å². The molecule has 12 nitrogen and oxygen atoms in total. The van der Waals surface area contributed by atoms with Gasteiger partial charge in [0.1, 0.15) is 13.2 Å². The van der Waals surface area contributed by atoms with E-state index in [1.807, 2.05) is 13.8 Å². The lowest BCUT2D eigenvalue weighted by molar-refractivity contribution is -0.150. The van der Waals surface area contributed by atoms with Crippen LogP contribution in [-0.2, 0) is 38.0 Å². The Balaban J connectivity index is 4.63. The lowest BCUT2D eigenvalue weighted by Gasteiger charge is -2.22. The van der Waals surface area contributed by atoms with Gasteiger partial charge in [-0.15, -0.1) is 0 Å². The van der Waals surface area contributed by atoms with Gasteiger partial charge in [-0.05, 0) is 19.8 Å². The van der Waals surface area contributed by atoms with E-state index in [0.29, 0.717) is 13.1 Å². The molecule has 0 aromatic heterocycles. The van der Waals surface area contributed by atoms with Crippen LogP contribution in [0.4, 0.5) is 9.59 Å². The lowest BCUT2D eigenvalue weighted by Crippen LogP contribution is -2.36. The van der Waals surface area contributed by atoms with Crippen molar-refractivity contribution in [2.45, 2.75) is 64.8 Å². The van der Waals surface area contributed by atoms with Crippen LogP contribution in [0, 0.1) is 0 Å². The van der Waals surface area contributed by atoms with Crippen molar-refractivity contribution in [2.75, 3.05) is 46.1 Å². The van der Waals surface area contributed by atoms with Crippen LogP contribution in [0.3, 0.4) is 0 Å². The first kappa shape index (κ1) is 33.9. The fraction of sp³-hybridized carbons (Fsp3) is 0.680. The van der Waals surface area contributed by atoms with Gasteiger partial charge >= 0.3 is 24.1 Å². The molecule has 0 aliphatic heterocycles. The van der Waals surface area contributed by atoms with Crippen molar-refractivity contribution in [3.63, 3.8) is 0 Å². The van der Waals surface area contributed by atoms with Gasteiger partial charge in [0, 0.05) is 25.2 Å². The normalized spacial score (nSPS) is 12.8. The number of amides is 2. The highest BCUT2D eigenvalue weighted by atomic mass is 16.6. The average Bonchev–Trinajstić information content (AvgIpc) is 2.88. The second-order valence-corrected chi connectivity index (χ2v) is 7.97. The van der Waals surface area contributed by atoms with Crippen LogP contribution in [0.15, 0.2) is 25.3 Å². The number of esters is 2. The molecule has 12 heteroatoms. The van der Waals surface area contributed by atoms with Crippen molar-refractivity contribution in [3.05, 3.63) is 25.3 Å². The minimum absolute atomic E-state index is 0.0633. The standard InChI is InChI=1S/C25H42N2O10/c1-6-10-12-26-24(30)35-18-20(36-23(29)9-4)15-32-14-19(5)33-16-21(17-34-22(28)8-3)37-25(31)27-13-11-7-2/h8-9,19-21H,3-4,6-7,10-18H2,1-2,5H3,(H,26,30)(H,27,31). The summed E-state index contributed by atoms with van der Waals surface area (Å²) in [6, 6.07) is 0. The monoisotopic (exact) mass is 530 g/mol. The largest absolute Gasteiger partial charge is 0.458 e. The van der Waals surface area contributed by atoms with Gasteiger partial charge in [0.05, 0.1) is 25.9 Å². The lowest BCUT2D eigenvalue weighted by atomic mass is 10.3. The van der Waals surface area contributed by atoms with Crippen LogP contribution in [-0.4, -0.2) is 88.6 Å². The average molecular weight is 531 g/mol. The molecule has 37 heavy (non-hydrogen) atoms. The molecular formula is C25H42N2O10. The van der Waals surface area contributed by atoms with E-state index in [4.69, 9.17) is 28.4 Å². The summed E-state index contributed by atoms with van der Waals surface area (Å²) in [7, 11) is 0. The SMILES string of the molecule is C=CC(=O)OCC(COC(C)COCC(COC(=O)NCCCC)OC(=O)C=C)OC(=O)NCCCC. The van der Waals surface area contributed by atoms with E-state index in [9.17, 15) is 19.2 Å². The molecule has 0 saturated heterocycles. The summed E-state index contributed by atoms with van der Waals surface area (Å²) in [5.74, 6) is -1.34. The Kier molecular flexibility index (Phi) is 20.2. The fourth-order valence-corrected chi connectivity index (χ4v) is 2.51. The molecule has 0 aliphatic carbocycles. The molecule has 0 aliphatic rings. The molecule has 3 atom stereocenters. The minimum Gasteiger partial charge on any atom is -0.458 e. The van der Waals surface area contributed by atoms with Crippen LogP contribution in [0.1, 0.15) is 46.5 Å². The predicted molar refractivity (Wildman–Crippen MR) is 135 cm³/mol. The van der Waals surface area contributed by atoms with Gasteiger partial charge in [-0.3, -0.25) is 0 Å². The molecule has 0 spiro atoms. The Morgan fingerprint density at radius 3 is 1.89 bits per heavy atom. The third kappa shape index (κ3) is 19.7. The van der Waals surface area contributed by atoms with Gasteiger partial charge in [-0.1, -0.05) is 39.8 Å². The van der Waals surface area contributed by atoms with E-state index in [1.54, 1.807) is 6.92 Å². The molecule has 0 radical (unpaired) electrons. The fourth-order valence-electron chi connectivity index (χ4n) is 2.51. The van der Waals surface area contributed by atoms with Gasteiger partial charge in [-0.2, -0.15) is 0 Å². The summed E-state index contributed by atoms with van der Waals surface area (Å²) in [6.07, 6.45) is 2.02. The van der Waals surface area contributed by atoms with Crippen molar-refractivity contribution < 1.29 is 47.6 Å². The number of nitrogens with one attached hydrogen (secondary N) is 2. The van der Waals surface area contributed by atoms with Gasteiger partial charge in [-0.25, -0.2) is 19.2 Å². The molecule has 212 valence electrons. The van der Waals surface area contributed by atoms with Crippen LogP contribution in [0.2, 0.25) is 0 Å². The second kappa shape index (κ2) is 22.1. The highest BCUT2D eigenvalue weighted by molar-refractivity contribution is 5.81. The number of carbonyl (C=O) groups excluding carboxylic acids is 4. The number of carbonyl (C=O) groups is 4. The molecule has 0 heterocycles. The Morgan fingerprint density at radius 1 is 0.730 bits per heavy atom. The second-order valence-electron chi connectivity index (χ2n) is 7.97. The maximum Gasteiger partial charge on any atom is 0.407 e. The Labute approximate surface area is 219 Å². The maximum atomic E-state index is 12.0. The quantitative estimate of drug-likeness (QED) is 0.0982. The van der Waals surface area contributed by atoms with Gasteiger partial charge < -0.3 is 39.1 Å². The summed E-state index contributed by atoms with van der Waals surface area (Å²) in [5.41, 5.74) is 0. The van der Waals surface area contributed by atoms with Crippen LogP contribution in [0.25, 0.3) is 0 Å². The van der Waals surface area contributed by atoms with Crippen molar-refractivity contribution >= 4 is 24.1 Å². The topological polar surface area (TPSA) is 148 Å². The van der Waals surface area contributed by atoms with E-state index < -0.39 is 42.4 Å². The molecule has 0 rings (SSSR count). The van der Waals surface area contributed by atoms with E-state index in [0.717, 1.165) is 37.8 Å². The molecule has 0 saturated carbocycles. The van der Waals surface area contributed by atoms with Crippen LogP contribution >= 0.6 is 0 Å². The van der Waals surface area contributed by atoms with Crippen molar-refractivity contribution in [1.82, 2.24) is 10.6 Å². The number of hydrogen-bond acceptors (Lipinski definition) is 10. The first-order valence-corrected chi connectivity index (χ1v) is 12.4. The van der Waals surface area contributed by atoms with E-state index >= 15 is 0 Å². The highest BCUT2D eigenvalue weighted by Crippen LogP contribution is 2.03. The Morgan fingerprint density at radius 2 is 1.30 bits per heavy atom. The summed E-state index contributed by atoms with van der Waals surface area (Å²) >= 11 is 0. The number of alkyl carbamates (subject to hydrolysis) is 2. The van der Waals surface area contributed by atoms with Crippen molar-refractivity contribution in [2.24, 2.45) is 0 Å². The van der Waals surface area contributed by atoms with E-state index in [2.05, 4.69) is 23.8 Å². The number of hydrogen-bond donors (Lipinski definition) is 2. The zero-order chi connectivity index (χ0) is 27.9. The maximum absolute atomic E-state index is 12.0. The number of unbranched alkanes of at least 4 members (excludes halogenated alkanes) is 2. The Bertz CT molecular complexity index is 701.